The summed E-state index contributed by atoms with van der Waals surface area (Å²) in [5.74, 6) is 1.22. The van der Waals surface area contributed by atoms with Gasteiger partial charge in [-0.1, -0.05) is 48.0 Å². The molecule has 1 aliphatic heterocycles. The van der Waals surface area contributed by atoms with Crippen molar-refractivity contribution in [2.24, 2.45) is 5.73 Å². The van der Waals surface area contributed by atoms with Crippen molar-refractivity contribution in [1.29, 1.82) is 5.26 Å². The normalized spacial score (nSPS) is 14.0. The fraction of sp³-hybridized carbons (Fsp3) is 0.118. The Bertz CT molecular complexity index is 1740. The van der Waals surface area contributed by atoms with Gasteiger partial charge in [-0.2, -0.15) is 5.26 Å². The van der Waals surface area contributed by atoms with Gasteiger partial charge in [0.1, 0.15) is 35.5 Å². The predicted octanol–water partition coefficient (Wildman–Crippen LogP) is 6.77. The second-order valence-electron chi connectivity index (χ2n) is 9.48. The van der Waals surface area contributed by atoms with Crippen LogP contribution in [0.15, 0.2) is 102 Å². The number of esters is 1. The quantitative estimate of drug-likeness (QED) is 0.128. The number of ether oxygens (including phenoxy) is 5. The lowest BCUT2D eigenvalue weighted by Crippen LogP contribution is -2.21. The highest BCUT2D eigenvalue weighted by Gasteiger charge is 2.31. The minimum Gasteiger partial charge on any atom is -0.497 e. The lowest BCUT2D eigenvalue weighted by molar-refractivity contribution is -0.128. The van der Waals surface area contributed by atoms with E-state index in [1.54, 1.807) is 74.9 Å². The molecule has 0 saturated heterocycles. The average molecular weight is 595 g/mol. The van der Waals surface area contributed by atoms with Gasteiger partial charge in [-0.25, -0.2) is 4.79 Å². The highest BCUT2D eigenvalue weighted by atomic mass is 35.5. The molecule has 0 radical (unpaired) electrons. The van der Waals surface area contributed by atoms with Gasteiger partial charge in [-0.3, -0.25) is 0 Å². The first-order valence-electron chi connectivity index (χ1n) is 13.2. The number of hydrogen-bond acceptors (Lipinski definition) is 8. The first kappa shape index (κ1) is 29.1. The number of benzene rings is 4. The summed E-state index contributed by atoms with van der Waals surface area (Å²) >= 11 is 5.98. The smallest absolute Gasteiger partial charge is 0.336 e. The van der Waals surface area contributed by atoms with Crippen LogP contribution in [0.4, 0.5) is 0 Å². The highest BCUT2D eigenvalue weighted by molar-refractivity contribution is 6.30. The van der Waals surface area contributed by atoms with Crippen molar-refractivity contribution >= 4 is 23.6 Å². The van der Waals surface area contributed by atoms with Gasteiger partial charge >= 0.3 is 5.97 Å². The topological polar surface area (TPSA) is 113 Å². The standard InChI is InChI=1S/C34H27ClN2O6/c1-39-25-11-5-21(6-12-25)7-16-32(38)42-26-13-14-27-30(18-26)43-34(37)28(19-36)33(27)23-8-15-29(31(17-23)40-2)41-20-22-3-9-24(35)10-4-22/h3-18,33H,20,37H2,1-2H3/b16-7+. The predicted molar refractivity (Wildman–Crippen MR) is 162 cm³/mol. The van der Waals surface area contributed by atoms with E-state index in [2.05, 4.69) is 6.07 Å². The summed E-state index contributed by atoms with van der Waals surface area (Å²) in [4.78, 5) is 12.5. The third-order valence-corrected chi connectivity index (χ3v) is 7.02. The van der Waals surface area contributed by atoms with E-state index in [1.165, 1.54) is 6.08 Å². The SMILES string of the molecule is COc1ccc(/C=C/C(=O)Oc2ccc3c(c2)OC(N)=C(C#N)C3c2ccc(OCc3ccc(Cl)cc3)c(OC)c2)cc1. The van der Waals surface area contributed by atoms with E-state index in [1.807, 2.05) is 30.3 Å². The minimum absolute atomic E-state index is 0.0371. The van der Waals surface area contributed by atoms with Crippen molar-refractivity contribution in [3.05, 3.63) is 130 Å². The molecule has 1 heterocycles. The number of halogens is 1. The number of carbonyl (C=O) groups is 1. The molecular formula is C34H27ClN2O6. The lowest BCUT2D eigenvalue weighted by atomic mass is 9.83. The Balaban J connectivity index is 1.36. The van der Waals surface area contributed by atoms with Crippen LogP contribution in [0.25, 0.3) is 6.08 Å². The molecule has 1 aliphatic rings. The summed E-state index contributed by atoms with van der Waals surface area (Å²) < 4.78 is 28.1. The maximum absolute atomic E-state index is 12.5. The molecule has 1 unspecified atom stereocenters. The molecule has 2 N–H and O–H groups in total. The number of methoxy groups -OCH3 is 2. The number of carbonyl (C=O) groups excluding carboxylic acids is 1. The summed E-state index contributed by atoms with van der Waals surface area (Å²) in [5, 5.41) is 10.6. The Hall–Kier alpha value is -5.39. The first-order valence-corrected chi connectivity index (χ1v) is 13.6. The number of allylic oxidation sites excluding steroid dienone is 1. The Kier molecular flexibility index (Phi) is 8.85. The minimum atomic E-state index is -0.566. The number of nitriles is 1. The lowest BCUT2D eigenvalue weighted by Gasteiger charge is -2.27. The van der Waals surface area contributed by atoms with Crippen LogP contribution in [-0.4, -0.2) is 20.2 Å². The second-order valence-corrected chi connectivity index (χ2v) is 9.91. The van der Waals surface area contributed by atoms with Gasteiger partial charge in [-0.05, 0) is 65.2 Å². The summed E-state index contributed by atoms with van der Waals surface area (Å²) in [5.41, 5.74) is 9.61. The zero-order chi connectivity index (χ0) is 30.3. The number of nitrogens with zero attached hydrogens (tertiary/aromatic N) is 1. The van der Waals surface area contributed by atoms with Crippen molar-refractivity contribution in [3.63, 3.8) is 0 Å². The van der Waals surface area contributed by atoms with Crippen LogP contribution in [-0.2, 0) is 11.4 Å². The van der Waals surface area contributed by atoms with Crippen LogP contribution in [0, 0.1) is 11.3 Å². The number of rotatable bonds is 9. The zero-order valence-corrected chi connectivity index (χ0v) is 24.1. The summed E-state index contributed by atoms with van der Waals surface area (Å²) in [6.45, 7) is 0.320. The van der Waals surface area contributed by atoms with Gasteiger partial charge in [0, 0.05) is 22.7 Å². The molecule has 5 rings (SSSR count). The molecule has 0 aliphatic carbocycles. The summed E-state index contributed by atoms with van der Waals surface area (Å²) in [7, 11) is 3.13. The van der Waals surface area contributed by atoms with Gasteiger partial charge in [0.2, 0.25) is 5.88 Å². The summed E-state index contributed by atoms with van der Waals surface area (Å²) in [6, 6.07) is 27.2. The first-order chi connectivity index (χ1) is 20.9. The molecule has 0 fully saturated rings. The number of fused-ring (bicyclic) bond motifs is 1. The van der Waals surface area contributed by atoms with E-state index in [4.69, 9.17) is 41.0 Å². The van der Waals surface area contributed by atoms with E-state index in [0.717, 1.165) is 22.4 Å². The fourth-order valence-electron chi connectivity index (χ4n) is 4.60. The van der Waals surface area contributed by atoms with E-state index < -0.39 is 11.9 Å². The molecule has 43 heavy (non-hydrogen) atoms. The molecule has 0 aromatic heterocycles. The van der Waals surface area contributed by atoms with Gasteiger partial charge < -0.3 is 29.4 Å². The van der Waals surface area contributed by atoms with E-state index >= 15 is 0 Å². The monoisotopic (exact) mass is 594 g/mol. The third-order valence-electron chi connectivity index (χ3n) is 6.77. The van der Waals surface area contributed by atoms with E-state index in [9.17, 15) is 10.1 Å². The van der Waals surface area contributed by atoms with Crippen LogP contribution in [0.5, 0.6) is 28.7 Å². The van der Waals surface area contributed by atoms with Crippen molar-refractivity contribution in [3.8, 4) is 34.8 Å². The van der Waals surface area contributed by atoms with Gasteiger partial charge in [0.15, 0.2) is 11.5 Å². The van der Waals surface area contributed by atoms with E-state index in [0.29, 0.717) is 34.4 Å². The Morgan fingerprint density at radius 1 is 0.953 bits per heavy atom. The molecule has 8 nitrogen and oxygen atoms in total. The maximum atomic E-state index is 12.5. The van der Waals surface area contributed by atoms with Gasteiger partial charge in [0.25, 0.3) is 0 Å². The Labute approximate surface area is 254 Å². The molecule has 0 spiro atoms. The number of nitrogens with two attached hydrogens (primary N) is 1. The molecule has 9 heteroatoms. The maximum Gasteiger partial charge on any atom is 0.336 e. The number of hydrogen-bond donors (Lipinski definition) is 1. The third kappa shape index (κ3) is 6.75. The van der Waals surface area contributed by atoms with E-state index in [-0.39, 0.29) is 17.2 Å². The second kappa shape index (κ2) is 13.1. The molecule has 0 amide bonds. The molecule has 1 atom stereocenters. The zero-order valence-electron chi connectivity index (χ0n) is 23.4. The Morgan fingerprint density at radius 2 is 1.70 bits per heavy atom. The molecular weight excluding hydrogens is 568 g/mol. The average Bonchev–Trinajstić information content (AvgIpc) is 3.03. The van der Waals surface area contributed by atoms with Crippen LogP contribution in [0.2, 0.25) is 5.02 Å². The Morgan fingerprint density at radius 3 is 2.40 bits per heavy atom. The van der Waals surface area contributed by atoms with Gasteiger partial charge in [-0.15, -0.1) is 0 Å². The fourth-order valence-corrected chi connectivity index (χ4v) is 4.72. The summed E-state index contributed by atoms with van der Waals surface area (Å²) in [6.07, 6.45) is 2.97. The van der Waals surface area contributed by atoms with Crippen LogP contribution in [0.1, 0.15) is 28.2 Å². The van der Waals surface area contributed by atoms with Crippen molar-refractivity contribution in [2.75, 3.05) is 14.2 Å². The van der Waals surface area contributed by atoms with Crippen LogP contribution >= 0.6 is 11.6 Å². The molecule has 4 aromatic rings. The van der Waals surface area contributed by atoms with Crippen molar-refractivity contribution in [1.82, 2.24) is 0 Å². The molecule has 4 aromatic carbocycles. The molecule has 0 saturated carbocycles. The molecule has 0 bridgehead atoms. The van der Waals surface area contributed by atoms with Crippen LogP contribution in [0.3, 0.4) is 0 Å². The van der Waals surface area contributed by atoms with Gasteiger partial charge in [0.05, 0.1) is 20.1 Å². The highest BCUT2D eigenvalue weighted by Crippen LogP contribution is 2.45. The van der Waals surface area contributed by atoms with Crippen LogP contribution < -0.4 is 29.4 Å². The van der Waals surface area contributed by atoms with Crippen molar-refractivity contribution in [2.45, 2.75) is 12.5 Å². The van der Waals surface area contributed by atoms with Crippen molar-refractivity contribution < 1.29 is 28.5 Å². The largest absolute Gasteiger partial charge is 0.497 e. The molecule has 216 valence electrons.